The zero-order chi connectivity index (χ0) is 42.1. The largest absolute Gasteiger partial charge is 0.456 e. The molecule has 3 aromatic heterocycles. The van der Waals surface area contributed by atoms with Crippen molar-refractivity contribution in [2.45, 2.75) is 0 Å². The summed E-state index contributed by atoms with van der Waals surface area (Å²) in [5.41, 5.74) is 16.6. The Bertz CT molecular complexity index is 3880. The fraction of sp³-hybridized carbons (Fsp3) is 0. The standard InChI is InChI=1S/C60H37NO3/c1-5-15-38(16-6-1)42-25-28-48-55(34-42)63-57-36-44(40-19-9-3-10-20-40)33-52(58(48)57)61(45-27-32-54-50(37-45)47-23-13-14-24-53(47)62-54)51-31-30-46(41-21-11-4-12-22-41)60-59(51)49-29-26-43(35-56(49)64-60)39-17-7-2-8-18-39/h1-37H. The van der Waals surface area contributed by atoms with Crippen LogP contribution in [-0.2, 0) is 0 Å². The average Bonchev–Trinajstić information content (AvgIpc) is 4.06. The highest BCUT2D eigenvalue weighted by Crippen LogP contribution is 2.51. The summed E-state index contributed by atoms with van der Waals surface area (Å²) < 4.78 is 20.5. The highest BCUT2D eigenvalue weighted by atomic mass is 16.3. The van der Waals surface area contributed by atoms with E-state index in [-0.39, 0.29) is 0 Å². The Hall–Kier alpha value is -8.60. The van der Waals surface area contributed by atoms with Gasteiger partial charge >= 0.3 is 0 Å². The van der Waals surface area contributed by atoms with Gasteiger partial charge in [0.15, 0.2) is 0 Å². The first-order valence-corrected chi connectivity index (χ1v) is 21.6. The fourth-order valence-corrected chi connectivity index (χ4v) is 9.63. The molecule has 3 heterocycles. The summed E-state index contributed by atoms with van der Waals surface area (Å²) in [5, 5.41) is 6.21. The smallest absolute Gasteiger partial charge is 0.145 e. The van der Waals surface area contributed by atoms with Crippen molar-refractivity contribution in [3.8, 4) is 44.5 Å². The number of furan rings is 3. The van der Waals surface area contributed by atoms with Crippen LogP contribution in [0.15, 0.2) is 238 Å². The van der Waals surface area contributed by atoms with Crippen LogP contribution >= 0.6 is 0 Å². The van der Waals surface area contributed by atoms with E-state index in [1.165, 1.54) is 0 Å². The molecule has 0 saturated heterocycles. The van der Waals surface area contributed by atoms with Crippen LogP contribution < -0.4 is 4.90 Å². The molecule has 0 saturated carbocycles. The molecular weight excluding hydrogens is 783 g/mol. The molecular formula is C60H37NO3. The van der Waals surface area contributed by atoms with Crippen molar-refractivity contribution < 1.29 is 13.3 Å². The minimum absolute atomic E-state index is 0.804. The molecule has 0 aliphatic rings. The SMILES string of the molecule is c1ccc(-c2ccc3c(c2)oc2cc(-c4ccccc4)cc(N(c4ccc5oc6ccccc6c5c4)c4ccc(-c5ccccc5)c5oc6cc(-c7ccccc7)ccc6c45)c23)cc1. The van der Waals surface area contributed by atoms with Gasteiger partial charge in [0.05, 0.1) is 22.1 Å². The second-order valence-corrected chi connectivity index (χ2v) is 16.4. The van der Waals surface area contributed by atoms with Crippen molar-refractivity contribution >= 4 is 82.9 Å². The molecule has 13 rings (SSSR count). The van der Waals surface area contributed by atoms with Crippen molar-refractivity contribution in [3.63, 3.8) is 0 Å². The highest BCUT2D eigenvalue weighted by molar-refractivity contribution is 6.21. The van der Waals surface area contributed by atoms with Gasteiger partial charge in [0, 0.05) is 32.8 Å². The van der Waals surface area contributed by atoms with Gasteiger partial charge in [-0.1, -0.05) is 152 Å². The maximum Gasteiger partial charge on any atom is 0.145 e. The van der Waals surface area contributed by atoms with Gasteiger partial charge < -0.3 is 18.2 Å². The molecule has 10 aromatic carbocycles. The lowest BCUT2D eigenvalue weighted by atomic mass is 9.97. The first kappa shape index (κ1) is 36.1. The maximum absolute atomic E-state index is 7.11. The van der Waals surface area contributed by atoms with Gasteiger partial charge in [0.25, 0.3) is 0 Å². The fourth-order valence-electron chi connectivity index (χ4n) is 9.63. The number of hydrogen-bond donors (Lipinski definition) is 0. The van der Waals surface area contributed by atoms with Crippen LogP contribution in [0.25, 0.3) is 110 Å². The van der Waals surface area contributed by atoms with E-state index in [0.29, 0.717) is 0 Å². The summed E-state index contributed by atoms with van der Waals surface area (Å²) in [4.78, 5) is 2.41. The molecule has 300 valence electrons. The third kappa shape index (κ3) is 5.84. The minimum atomic E-state index is 0.804. The molecule has 0 aliphatic carbocycles. The van der Waals surface area contributed by atoms with Crippen molar-refractivity contribution in [2.75, 3.05) is 4.90 Å². The van der Waals surface area contributed by atoms with Crippen molar-refractivity contribution in [1.82, 2.24) is 0 Å². The number of para-hydroxylation sites is 1. The number of nitrogens with zero attached hydrogens (tertiary/aromatic N) is 1. The molecule has 4 nitrogen and oxygen atoms in total. The summed E-state index contributed by atoms with van der Waals surface area (Å²) >= 11 is 0. The van der Waals surface area contributed by atoms with Gasteiger partial charge in [-0.05, 0) is 112 Å². The Balaban J connectivity index is 1.15. The van der Waals surface area contributed by atoms with Crippen molar-refractivity contribution in [3.05, 3.63) is 224 Å². The number of rotatable bonds is 7. The zero-order valence-corrected chi connectivity index (χ0v) is 34.5. The number of hydrogen-bond acceptors (Lipinski definition) is 4. The quantitative estimate of drug-likeness (QED) is 0.161. The topological polar surface area (TPSA) is 42.7 Å². The summed E-state index contributed by atoms with van der Waals surface area (Å²) in [6.07, 6.45) is 0. The lowest BCUT2D eigenvalue weighted by molar-refractivity contribution is 0.668. The van der Waals surface area contributed by atoms with Gasteiger partial charge in [0.1, 0.15) is 33.5 Å². The van der Waals surface area contributed by atoms with Gasteiger partial charge in [0.2, 0.25) is 0 Å². The predicted molar refractivity (Wildman–Crippen MR) is 265 cm³/mol. The van der Waals surface area contributed by atoms with Crippen LogP contribution in [0.1, 0.15) is 0 Å². The first-order valence-electron chi connectivity index (χ1n) is 21.6. The van der Waals surface area contributed by atoms with Gasteiger partial charge in [-0.15, -0.1) is 0 Å². The third-order valence-electron chi connectivity index (χ3n) is 12.7. The molecule has 0 aliphatic heterocycles. The second-order valence-electron chi connectivity index (χ2n) is 16.4. The van der Waals surface area contributed by atoms with Gasteiger partial charge in [-0.3, -0.25) is 0 Å². The summed E-state index contributed by atoms with van der Waals surface area (Å²) in [7, 11) is 0. The van der Waals surface area contributed by atoms with Gasteiger partial charge in [-0.25, -0.2) is 0 Å². The lowest BCUT2D eigenvalue weighted by Crippen LogP contribution is -2.11. The predicted octanol–water partition coefficient (Wildman–Crippen LogP) is 17.5. The van der Waals surface area contributed by atoms with Crippen LogP contribution in [0.4, 0.5) is 17.1 Å². The van der Waals surface area contributed by atoms with E-state index < -0.39 is 0 Å². The van der Waals surface area contributed by atoms with Crippen molar-refractivity contribution in [1.29, 1.82) is 0 Å². The monoisotopic (exact) mass is 819 g/mol. The Morgan fingerprint density at radius 1 is 0.266 bits per heavy atom. The molecule has 0 spiro atoms. The Morgan fingerprint density at radius 2 is 0.797 bits per heavy atom. The minimum Gasteiger partial charge on any atom is -0.456 e. The summed E-state index contributed by atoms with van der Waals surface area (Å²) in [6, 6.07) is 79.1. The summed E-state index contributed by atoms with van der Waals surface area (Å²) in [6.45, 7) is 0. The normalized spacial score (nSPS) is 11.8. The van der Waals surface area contributed by atoms with E-state index in [4.69, 9.17) is 13.3 Å². The Kier molecular flexibility index (Phi) is 8.18. The average molecular weight is 820 g/mol. The third-order valence-corrected chi connectivity index (χ3v) is 12.7. The lowest BCUT2D eigenvalue weighted by Gasteiger charge is -2.28. The Morgan fingerprint density at radius 3 is 1.47 bits per heavy atom. The van der Waals surface area contributed by atoms with E-state index >= 15 is 0 Å². The van der Waals surface area contributed by atoms with Crippen LogP contribution in [0, 0.1) is 0 Å². The molecule has 0 unspecified atom stereocenters. The zero-order valence-electron chi connectivity index (χ0n) is 34.5. The summed E-state index contributed by atoms with van der Waals surface area (Å²) in [5.74, 6) is 0. The van der Waals surface area contributed by atoms with E-state index in [2.05, 4.69) is 211 Å². The number of fused-ring (bicyclic) bond motifs is 9. The molecule has 0 amide bonds. The molecule has 0 radical (unpaired) electrons. The maximum atomic E-state index is 7.11. The molecule has 4 heteroatoms. The van der Waals surface area contributed by atoms with Crippen LogP contribution in [0.5, 0.6) is 0 Å². The molecule has 0 bridgehead atoms. The van der Waals surface area contributed by atoms with Crippen LogP contribution in [-0.4, -0.2) is 0 Å². The molecule has 64 heavy (non-hydrogen) atoms. The van der Waals surface area contributed by atoms with Gasteiger partial charge in [-0.2, -0.15) is 0 Å². The van der Waals surface area contributed by atoms with E-state index in [1.807, 2.05) is 18.2 Å². The number of anilines is 3. The van der Waals surface area contributed by atoms with E-state index in [1.54, 1.807) is 0 Å². The van der Waals surface area contributed by atoms with Crippen LogP contribution in [0.3, 0.4) is 0 Å². The highest BCUT2D eigenvalue weighted by Gasteiger charge is 2.27. The van der Waals surface area contributed by atoms with Crippen LogP contribution in [0.2, 0.25) is 0 Å². The number of benzene rings is 10. The molecule has 0 atom stereocenters. The first-order chi connectivity index (χ1) is 31.7. The van der Waals surface area contributed by atoms with E-state index in [9.17, 15) is 0 Å². The Labute approximate surface area is 368 Å². The molecule has 0 fully saturated rings. The van der Waals surface area contributed by atoms with E-state index in [0.717, 1.165) is 127 Å². The molecule has 13 aromatic rings. The molecule has 0 N–H and O–H groups in total. The second kappa shape index (κ2) is 14.5. The van der Waals surface area contributed by atoms with Crippen molar-refractivity contribution in [2.24, 2.45) is 0 Å².